The minimum atomic E-state index is 0.0908. The molecule has 0 heterocycles. The predicted molar refractivity (Wildman–Crippen MR) is 43.8 cm³/mol. The zero-order chi connectivity index (χ0) is 8.15. The summed E-state index contributed by atoms with van der Waals surface area (Å²) in [6, 6.07) is 0. The Morgan fingerprint density at radius 3 is 2.30 bits per heavy atom. The van der Waals surface area contributed by atoms with Crippen molar-refractivity contribution in [2.45, 2.75) is 20.8 Å². The van der Waals surface area contributed by atoms with Crippen LogP contribution < -0.4 is 0 Å². The summed E-state index contributed by atoms with van der Waals surface area (Å²) in [5.74, 6) is 0.400. The molecule has 0 aliphatic rings. The molecule has 0 aromatic rings. The third-order valence-corrected chi connectivity index (χ3v) is 1.40. The summed E-state index contributed by atoms with van der Waals surface area (Å²) in [5.41, 5.74) is 1.08. The van der Waals surface area contributed by atoms with Gasteiger partial charge in [-0.3, -0.25) is 4.79 Å². The average Bonchev–Trinajstić information content (AvgIpc) is 1.82. The molecule has 1 unspecified atom stereocenters. The maximum absolute atomic E-state index is 10.5. The topological polar surface area (TPSA) is 17.1 Å². The van der Waals surface area contributed by atoms with Crippen molar-refractivity contribution in [3.63, 3.8) is 0 Å². The summed E-state index contributed by atoms with van der Waals surface area (Å²) in [6.45, 7) is 9.28. The number of allylic oxidation sites excluding steroid dienone is 3. The van der Waals surface area contributed by atoms with E-state index in [2.05, 4.69) is 6.58 Å². The molecule has 1 heteroatoms. The molecule has 0 aliphatic heterocycles. The van der Waals surface area contributed by atoms with Gasteiger partial charge in [0.2, 0.25) is 0 Å². The van der Waals surface area contributed by atoms with E-state index in [1.807, 2.05) is 19.9 Å². The quantitative estimate of drug-likeness (QED) is 0.432. The summed E-state index contributed by atoms with van der Waals surface area (Å²) < 4.78 is 0. The number of carbonyl (C=O) groups is 1. The van der Waals surface area contributed by atoms with Crippen molar-refractivity contribution >= 4 is 5.78 Å². The maximum atomic E-state index is 10.5. The molecule has 0 rings (SSSR count). The van der Waals surface area contributed by atoms with Crippen molar-refractivity contribution in [1.82, 2.24) is 0 Å². The first-order chi connectivity index (χ1) is 4.54. The molecule has 0 N–H and O–H groups in total. The summed E-state index contributed by atoms with van der Waals surface area (Å²) >= 11 is 0. The molecule has 0 saturated heterocycles. The van der Waals surface area contributed by atoms with Crippen LogP contribution in [0.3, 0.4) is 0 Å². The molecule has 56 valence electrons. The molecule has 0 spiro atoms. The Labute approximate surface area is 62.4 Å². The van der Waals surface area contributed by atoms with E-state index in [9.17, 15) is 4.79 Å². The van der Waals surface area contributed by atoms with E-state index in [1.54, 1.807) is 13.0 Å². The van der Waals surface area contributed by atoms with Crippen molar-refractivity contribution in [3.05, 3.63) is 24.3 Å². The van der Waals surface area contributed by atoms with Crippen molar-refractivity contribution in [2.75, 3.05) is 0 Å². The van der Waals surface area contributed by atoms with Gasteiger partial charge in [0.15, 0.2) is 5.78 Å². The van der Waals surface area contributed by atoms with Crippen LogP contribution in [0.5, 0.6) is 0 Å². The van der Waals surface area contributed by atoms with Gasteiger partial charge in [0.05, 0.1) is 0 Å². The Morgan fingerprint density at radius 2 is 2.00 bits per heavy atom. The van der Waals surface area contributed by atoms with Crippen LogP contribution in [-0.4, -0.2) is 5.78 Å². The van der Waals surface area contributed by atoms with E-state index in [4.69, 9.17) is 0 Å². The Balaban J connectivity index is 3.89. The van der Waals surface area contributed by atoms with Crippen LogP contribution in [0.15, 0.2) is 24.3 Å². The van der Waals surface area contributed by atoms with Gasteiger partial charge in [0, 0.05) is 0 Å². The van der Waals surface area contributed by atoms with E-state index in [0.29, 0.717) is 5.92 Å². The minimum absolute atomic E-state index is 0.0908. The summed E-state index contributed by atoms with van der Waals surface area (Å²) in [4.78, 5) is 10.5. The van der Waals surface area contributed by atoms with E-state index in [0.717, 1.165) is 5.57 Å². The van der Waals surface area contributed by atoms with E-state index in [-0.39, 0.29) is 5.78 Å². The highest BCUT2D eigenvalue weighted by Crippen LogP contribution is 2.07. The Hall–Kier alpha value is -0.850. The van der Waals surface area contributed by atoms with Gasteiger partial charge in [-0.05, 0) is 25.8 Å². The number of rotatable bonds is 3. The van der Waals surface area contributed by atoms with E-state index < -0.39 is 0 Å². The Kier molecular flexibility index (Phi) is 3.70. The summed E-state index contributed by atoms with van der Waals surface area (Å²) in [7, 11) is 0. The Morgan fingerprint density at radius 1 is 1.50 bits per heavy atom. The molecule has 0 saturated carbocycles. The molecule has 0 bridgehead atoms. The van der Waals surface area contributed by atoms with Gasteiger partial charge in [-0.15, -0.1) is 0 Å². The van der Waals surface area contributed by atoms with E-state index in [1.165, 1.54) is 0 Å². The smallest absolute Gasteiger partial charge is 0.152 e. The molecular formula is C9H14O. The third kappa shape index (κ3) is 4.07. The monoisotopic (exact) mass is 138 g/mol. The second-order valence-corrected chi connectivity index (χ2v) is 2.60. The molecule has 0 radical (unpaired) electrons. The standard InChI is InChI=1S/C9H14O/c1-7(2)8(3)5-6-9(4)10/h5-6,8H,1H2,2-4H3/b6-5+. The van der Waals surface area contributed by atoms with Crippen LogP contribution in [-0.2, 0) is 4.79 Å². The third-order valence-electron chi connectivity index (χ3n) is 1.40. The maximum Gasteiger partial charge on any atom is 0.152 e. The lowest BCUT2D eigenvalue weighted by Gasteiger charge is -2.01. The van der Waals surface area contributed by atoms with Crippen molar-refractivity contribution in [1.29, 1.82) is 0 Å². The lowest BCUT2D eigenvalue weighted by atomic mass is 10.0. The molecular weight excluding hydrogens is 124 g/mol. The Bertz CT molecular complexity index is 166. The fourth-order valence-electron chi connectivity index (χ4n) is 0.444. The highest BCUT2D eigenvalue weighted by Gasteiger charge is 1.95. The number of carbonyl (C=O) groups excluding carboxylic acids is 1. The average molecular weight is 138 g/mol. The predicted octanol–water partition coefficient (Wildman–Crippen LogP) is 2.34. The molecule has 0 aliphatic carbocycles. The van der Waals surface area contributed by atoms with Crippen LogP contribution in [0, 0.1) is 5.92 Å². The summed E-state index contributed by atoms with van der Waals surface area (Å²) in [5, 5.41) is 0. The van der Waals surface area contributed by atoms with Crippen LogP contribution in [0.4, 0.5) is 0 Å². The molecule has 1 atom stereocenters. The van der Waals surface area contributed by atoms with Crippen molar-refractivity contribution < 1.29 is 4.79 Å². The highest BCUT2D eigenvalue weighted by atomic mass is 16.1. The van der Waals surface area contributed by atoms with Crippen LogP contribution in [0.25, 0.3) is 0 Å². The lowest BCUT2D eigenvalue weighted by molar-refractivity contribution is -0.112. The highest BCUT2D eigenvalue weighted by molar-refractivity contribution is 5.87. The molecule has 0 amide bonds. The van der Waals surface area contributed by atoms with Gasteiger partial charge in [-0.2, -0.15) is 0 Å². The number of hydrogen-bond donors (Lipinski definition) is 0. The lowest BCUT2D eigenvalue weighted by Crippen LogP contribution is -1.90. The second kappa shape index (κ2) is 4.04. The molecule has 10 heavy (non-hydrogen) atoms. The zero-order valence-corrected chi connectivity index (χ0v) is 6.85. The van der Waals surface area contributed by atoms with Crippen LogP contribution in [0.1, 0.15) is 20.8 Å². The first kappa shape index (κ1) is 9.15. The normalized spacial score (nSPS) is 13.5. The molecule has 1 nitrogen and oxygen atoms in total. The fraction of sp³-hybridized carbons (Fsp3) is 0.444. The van der Waals surface area contributed by atoms with Crippen molar-refractivity contribution in [2.24, 2.45) is 5.92 Å². The van der Waals surface area contributed by atoms with Crippen LogP contribution >= 0.6 is 0 Å². The van der Waals surface area contributed by atoms with Gasteiger partial charge in [-0.25, -0.2) is 0 Å². The second-order valence-electron chi connectivity index (χ2n) is 2.60. The molecule has 0 aromatic carbocycles. The SMILES string of the molecule is C=C(C)C(C)/C=C/C(C)=O. The number of ketones is 1. The molecule has 0 aromatic heterocycles. The van der Waals surface area contributed by atoms with Gasteiger partial charge in [0.25, 0.3) is 0 Å². The largest absolute Gasteiger partial charge is 0.295 e. The number of hydrogen-bond acceptors (Lipinski definition) is 1. The van der Waals surface area contributed by atoms with Crippen molar-refractivity contribution in [3.8, 4) is 0 Å². The van der Waals surface area contributed by atoms with Crippen LogP contribution in [0.2, 0.25) is 0 Å². The zero-order valence-electron chi connectivity index (χ0n) is 6.85. The van der Waals surface area contributed by atoms with Gasteiger partial charge in [-0.1, -0.05) is 25.2 Å². The summed E-state index contributed by atoms with van der Waals surface area (Å²) in [6.07, 6.45) is 3.45. The molecule has 0 fully saturated rings. The minimum Gasteiger partial charge on any atom is -0.295 e. The fourth-order valence-corrected chi connectivity index (χ4v) is 0.444. The van der Waals surface area contributed by atoms with E-state index >= 15 is 0 Å². The van der Waals surface area contributed by atoms with Gasteiger partial charge >= 0.3 is 0 Å². The van der Waals surface area contributed by atoms with Gasteiger partial charge < -0.3 is 0 Å². The van der Waals surface area contributed by atoms with Gasteiger partial charge in [0.1, 0.15) is 0 Å². The first-order valence-electron chi connectivity index (χ1n) is 3.38. The first-order valence-corrected chi connectivity index (χ1v) is 3.38.